The lowest BCUT2D eigenvalue weighted by atomic mass is 10.2. The summed E-state index contributed by atoms with van der Waals surface area (Å²) in [5, 5.41) is 4.93. The number of imide groups is 1. The second kappa shape index (κ2) is 8.63. The number of Topliss-reactive ketones (excluding diaryl/α,β-unsaturated/α-hetero) is 1. The first-order valence-corrected chi connectivity index (χ1v) is 8.33. The molecular weight excluding hydrogens is 364 g/mol. The topological polar surface area (TPSA) is 111 Å². The van der Waals surface area contributed by atoms with E-state index in [1.54, 1.807) is 42.5 Å². The molecular formula is C20H16N2O6. The molecule has 1 aliphatic heterocycles. The Morgan fingerprint density at radius 3 is 2.29 bits per heavy atom. The van der Waals surface area contributed by atoms with Gasteiger partial charge in [-0.2, -0.15) is 0 Å². The van der Waals surface area contributed by atoms with Gasteiger partial charge in [0, 0.05) is 11.3 Å². The number of ether oxygens (including phenoxy) is 2. The minimum Gasteiger partial charge on any atom is -0.470 e. The van der Waals surface area contributed by atoms with Crippen molar-refractivity contribution in [3.63, 3.8) is 0 Å². The van der Waals surface area contributed by atoms with Crippen LogP contribution in [-0.4, -0.2) is 36.8 Å². The Hall–Kier alpha value is -3.94. The number of carbonyl (C=O) groups is 4. The van der Waals surface area contributed by atoms with Crippen molar-refractivity contribution in [3.05, 3.63) is 77.7 Å². The highest BCUT2D eigenvalue weighted by Crippen LogP contribution is 2.20. The number of nitrogens with one attached hydrogen (secondary N) is 2. The van der Waals surface area contributed by atoms with Crippen LogP contribution in [0.15, 0.2) is 72.1 Å². The van der Waals surface area contributed by atoms with Crippen molar-refractivity contribution < 1.29 is 28.7 Å². The van der Waals surface area contributed by atoms with Crippen molar-refractivity contribution in [2.24, 2.45) is 0 Å². The molecule has 2 aromatic carbocycles. The fourth-order valence-corrected chi connectivity index (χ4v) is 2.39. The molecule has 0 saturated carbocycles. The summed E-state index contributed by atoms with van der Waals surface area (Å²) in [6.45, 7) is -1.02. The fraction of sp³-hybridized carbons (Fsp3) is 0.100. The lowest BCUT2D eigenvalue weighted by Crippen LogP contribution is -2.34. The molecule has 3 rings (SSSR count). The van der Waals surface area contributed by atoms with Crippen molar-refractivity contribution in [1.82, 2.24) is 5.32 Å². The van der Waals surface area contributed by atoms with Crippen LogP contribution in [0.5, 0.6) is 0 Å². The highest BCUT2D eigenvalue weighted by atomic mass is 16.5. The van der Waals surface area contributed by atoms with Gasteiger partial charge in [0.2, 0.25) is 11.7 Å². The number of rotatable bonds is 6. The van der Waals surface area contributed by atoms with E-state index in [1.807, 2.05) is 6.07 Å². The third-order valence-electron chi connectivity index (χ3n) is 3.71. The SMILES string of the molecule is O=C(COC(=O)C1=C(Nc2ccccc2)OCC1=O)NC(=O)c1ccccc1. The van der Waals surface area contributed by atoms with Gasteiger partial charge in [0.25, 0.3) is 11.8 Å². The molecule has 2 N–H and O–H groups in total. The van der Waals surface area contributed by atoms with E-state index in [4.69, 9.17) is 9.47 Å². The molecule has 0 fully saturated rings. The highest BCUT2D eigenvalue weighted by molar-refractivity contribution is 6.20. The van der Waals surface area contributed by atoms with E-state index in [9.17, 15) is 19.2 Å². The number of ketones is 1. The standard InChI is InChI=1S/C20H16N2O6/c23-15-11-27-19(21-14-9-5-2-6-10-14)17(15)20(26)28-12-16(24)22-18(25)13-7-3-1-4-8-13/h1-10,21H,11-12H2,(H,22,24,25). The molecule has 28 heavy (non-hydrogen) atoms. The summed E-state index contributed by atoms with van der Waals surface area (Å²) in [6, 6.07) is 16.9. The molecule has 0 aliphatic carbocycles. The lowest BCUT2D eigenvalue weighted by Gasteiger charge is -2.09. The van der Waals surface area contributed by atoms with E-state index < -0.39 is 30.2 Å². The van der Waals surface area contributed by atoms with E-state index in [2.05, 4.69) is 10.6 Å². The average Bonchev–Trinajstić information content (AvgIpc) is 3.07. The zero-order chi connectivity index (χ0) is 19.9. The normalized spacial score (nSPS) is 12.9. The van der Waals surface area contributed by atoms with Crippen molar-refractivity contribution >= 4 is 29.3 Å². The molecule has 142 valence electrons. The second-order valence-corrected chi connectivity index (χ2v) is 5.73. The fourth-order valence-electron chi connectivity index (χ4n) is 2.39. The van der Waals surface area contributed by atoms with E-state index in [1.165, 1.54) is 12.1 Å². The minimum absolute atomic E-state index is 0.0398. The summed E-state index contributed by atoms with van der Waals surface area (Å²) in [5.41, 5.74) is 0.591. The van der Waals surface area contributed by atoms with Crippen LogP contribution in [0.1, 0.15) is 10.4 Å². The van der Waals surface area contributed by atoms with Gasteiger partial charge in [-0.25, -0.2) is 4.79 Å². The maximum atomic E-state index is 12.2. The largest absolute Gasteiger partial charge is 0.470 e. The Balaban J connectivity index is 1.59. The Bertz CT molecular complexity index is 938. The zero-order valence-electron chi connectivity index (χ0n) is 14.6. The Morgan fingerprint density at radius 1 is 0.964 bits per heavy atom. The first-order valence-electron chi connectivity index (χ1n) is 8.33. The van der Waals surface area contributed by atoms with Gasteiger partial charge in [-0.05, 0) is 24.3 Å². The number of anilines is 1. The van der Waals surface area contributed by atoms with Gasteiger partial charge < -0.3 is 14.8 Å². The molecule has 0 radical (unpaired) electrons. The molecule has 1 aliphatic rings. The van der Waals surface area contributed by atoms with E-state index in [-0.39, 0.29) is 18.1 Å². The molecule has 8 heteroatoms. The van der Waals surface area contributed by atoms with Crippen LogP contribution in [0.2, 0.25) is 0 Å². The summed E-state index contributed by atoms with van der Waals surface area (Å²) < 4.78 is 10.1. The van der Waals surface area contributed by atoms with Gasteiger partial charge in [0.05, 0.1) is 0 Å². The van der Waals surface area contributed by atoms with Gasteiger partial charge in [-0.3, -0.25) is 19.7 Å². The van der Waals surface area contributed by atoms with E-state index >= 15 is 0 Å². The van der Waals surface area contributed by atoms with Crippen molar-refractivity contribution in [1.29, 1.82) is 0 Å². The van der Waals surface area contributed by atoms with Crippen LogP contribution in [0.4, 0.5) is 5.69 Å². The molecule has 1 heterocycles. The van der Waals surface area contributed by atoms with Crippen molar-refractivity contribution in [2.45, 2.75) is 0 Å². The molecule has 0 unspecified atom stereocenters. The quantitative estimate of drug-likeness (QED) is 0.576. The highest BCUT2D eigenvalue weighted by Gasteiger charge is 2.33. The Morgan fingerprint density at radius 2 is 1.61 bits per heavy atom. The van der Waals surface area contributed by atoms with Crippen LogP contribution in [0.3, 0.4) is 0 Å². The van der Waals surface area contributed by atoms with Gasteiger partial charge in [-0.15, -0.1) is 0 Å². The zero-order valence-corrected chi connectivity index (χ0v) is 14.6. The number of carbonyl (C=O) groups excluding carboxylic acids is 4. The van der Waals surface area contributed by atoms with Gasteiger partial charge in [-0.1, -0.05) is 36.4 Å². The molecule has 0 aromatic heterocycles. The molecule has 0 atom stereocenters. The predicted molar refractivity (Wildman–Crippen MR) is 97.9 cm³/mol. The molecule has 8 nitrogen and oxygen atoms in total. The van der Waals surface area contributed by atoms with Crippen molar-refractivity contribution in [2.75, 3.05) is 18.5 Å². The van der Waals surface area contributed by atoms with Crippen molar-refractivity contribution in [3.8, 4) is 0 Å². The smallest absolute Gasteiger partial charge is 0.347 e. The third kappa shape index (κ3) is 4.61. The lowest BCUT2D eigenvalue weighted by molar-refractivity contribution is -0.145. The number of para-hydroxylation sites is 1. The monoisotopic (exact) mass is 380 g/mol. The third-order valence-corrected chi connectivity index (χ3v) is 3.71. The molecule has 0 saturated heterocycles. The van der Waals surface area contributed by atoms with E-state index in [0.29, 0.717) is 11.3 Å². The number of benzene rings is 2. The van der Waals surface area contributed by atoms with E-state index in [0.717, 1.165) is 0 Å². The summed E-state index contributed by atoms with van der Waals surface area (Å²) >= 11 is 0. The number of hydrogen-bond acceptors (Lipinski definition) is 7. The minimum atomic E-state index is -1.01. The molecule has 0 spiro atoms. The molecule has 2 aromatic rings. The first kappa shape index (κ1) is 18.8. The maximum absolute atomic E-state index is 12.2. The van der Waals surface area contributed by atoms with Crippen LogP contribution >= 0.6 is 0 Å². The van der Waals surface area contributed by atoms with Crippen LogP contribution in [-0.2, 0) is 23.9 Å². The molecule has 2 amide bonds. The first-order chi connectivity index (χ1) is 13.5. The van der Waals surface area contributed by atoms with Crippen LogP contribution < -0.4 is 10.6 Å². The van der Waals surface area contributed by atoms with Gasteiger partial charge in [0.1, 0.15) is 0 Å². The predicted octanol–water partition coefficient (Wildman–Crippen LogP) is 1.41. The molecule has 0 bridgehead atoms. The number of hydrogen-bond donors (Lipinski definition) is 2. The number of amides is 2. The summed E-state index contributed by atoms with van der Waals surface area (Å²) in [5.74, 6) is -3.05. The Kier molecular flexibility index (Phi) is 5.81. The second-order valence-electron chi connectivity index (χ2n) is 5.73. The number of esters is 1. The maximum Gasteiger partial charge on any atom is 0.347 e. The average molecular weight is 380 g/mol. The summed E-state index contributed by atoms with van der Waals surface area (Å²) in [7, 11) is 0. The van der Waals surface area contributed by atoms with Gasteiger partial charge in [0.15, 0.2) is 18.8 Å². The summed E-state index contributed by atoms with van der Waals surface area (Å²) in [4.78, 5) is 47.9. The Labute approximate surface area is 160 Å². The van der Waals surface area contributed by atoms with Crippen LogP contribution in [0.25, 0.3) is 0 Å². The van der Waals surface area contributed by atoms with Gasteiger partial charge >= 0.3 is 5.97 Å². The summed E-state index contributed by atoms with van der Waals surface area (Å²) in [6.07, 6.45) is 0. The van der Waals surface area contributed by atoms with Crippen LogP contribution in [0, 0.1) is 0 Å².